The predicted octanol–water partition coefficient (Wildman–Crippen LogP) is 6.18. The normalized spacial score (nSPS) is 14.3. The molecule has 2 aromatic carbocycles. The summed E-state index contributed by atoms with van der Waals surface area (Å²) in [6, 6.07) is 13.1. The van der Waals surface area contributed by atoms with E-state index >= 15 is 0 Å². The minimum atomic E-state index is -0.0442. The van der Waals surface area contributed by atoms with Crippen LogP contribution in [0.15, 0.2) is 59.6 Å². The lowest BCUT2D eigenvalue weighted by atomic mass is 9.92. The molecule has 0 aliphatic heterocycles. The van der Waals surface area contributed by atoms with Crippen LogP contribution in [0, 0.1) is 0 Å². The maximum absolute atomic E-state index is 12.4. The number of rotatable bonds is 7. The van der Waals surface area contributed by atoms with Gasteiger partial charge >= 0.3 is 0 Å². The molecule has 0 unspecified atom stereocenters. The Bertz CT molecular complexity index is 1140. The second-order valence-electron chi connectivity index (χ2n) is 7.50. The number of allylic oxidation sites excluding steroid dienone is 1. The molecule has 1 heterocycles. The van der Waals surface area contributed by atoms with Crippen molar-refractivity contribution in [3.05, 3.63) is 81.6 Å². The molecule has 0 saturated heterocycles. The van der Waals surface area contributed by atoms with Crippen molar-refractivity contribution < 1.29 is 9.53 Å². The molecule has 1 aliphatic carbocycles. The summed E-state index contributed by atoms with van der Waals surface area (Å²) in [5.74, 6) is 0.743. The second kappa shape index (κ2) is 10.5. The van der Waals surface area contributed by atoms with Crippen LogP contribution >= 0.6 is 35.1 Å². The molecule has 1 amide bonds. The van der Waals surface area contributed by atoms with Crippen LogP contribution in [-0.4, -0.2) is 22.8 Å². The van der Waals surface area contributed by atoms with Crippen molar-refractivity contribution in [3.8, 4) is 5.75 Å². The minimum absolute atomic E-state index is 0.0442. The van der Waals surface area contributed by atoms with Gasteiger partial charge < -0.3 is 4.74 Å². The van der Waals surface area contributed by atoms with Crippen LogP contribution < -0.4 is 9.46 Å². The van der Waals surface area contributed by atoms with Gasteiger partial charge in [0.15, 0.2) is 0 Å². The van der Waals surface area contributed by atoms with E-state index in [-0.39, 0.29) is 5.91 Å². The Morgan fingerprint density at radius 2 is 2.03 bits per heavy atom. The van der Waals surface area contributed by atoms with Crippen LogP contribution in [0.3, 0.4) is 0 Å². The van der Waals surface area contributed by atoms with E-state index in [1.54, 1.807) is 13.2 Å². The van der Waals surface area contributed by atoms with E-state index in [1.807, 2.05) is 53.4 Å². The monoisotopic (exact) mass is 487 g/mol. The van der Waals surface area contributed by atoms with Crippen LogP contribution in [0.1, 0.15) is 36.1 Å². The van der Waals surface area contributed by atoms with Crippen LogP contribution in [0.25, 0.3) is 5.57 Å². The van der Waals surface area contributed by atoms with Crippen molar-refractivity contribution in [3.63, 3.8) is 0 Å². The zero-order valence-corrected chi connectivity index (χ0v) is 19.9. The highest BCUT2D eigenvalue weighted by atomic mass is 35.5. The SMILES string of the molecule is COc1ccc(SNC(=O)C/C=C2\CCCc3cnn(Cc4ccc(Cl)cc4Cl)c32)cc1. The number of aromatic nitrogens is 2. The largest absolute Gasteiger partial charge is 0.497 e. The molecule has 1 aromatic heterocycles. The summed E-state index contributed by atoms with van der Waals surface area (Å²) in [6.07, 6.45) is 7.21. The first-order chi connectivity index (χ1) is 15.5. The van der Waals surface area contributed by atoms with Crippen LogP contribution in [-0.2, 0) is 17.8 Å². The summed E-state index contributed by atoms with van der Waals surface area (Å²) in [5, 5.41) is 5.83. The van der Waals surface area contributed by atoms with Gasteiger partial charge in [0, 0.05) is 21.4 Å². The average molecular weight is 488 g/mol. The fraction of sp³-hybridized carbons (Fsp3) is 0.250. The molecule has 1 aliphatic rings. The number of carbonyl (C=O) groups is 1. The Kier molecular flexibility index (Phi) is 7.45. The van der Waals surface area contributed by atoms with Gasteiger partial charge in [0.2, 0.25) is 5.91 Å². The van der Waals surface area contributed by atoms with Gasteiger partial charge in [0.05, 0.1) is 25.5 Å². The summed E-state index contributed by atoms with van der Waals surface area (Å²) in [4.78, 5) is 13.4. The van der Waals surface area contributed by atoms with Crippen molar-refractivity contribution in [1.29, 1.82) is 0 Å². The van der Waals surface area contributed by atoms with Gasteiger partial charge in [-0.2, -0.15) is 5.10 Å². The Morgan fingerprint density at radius 1 is 1.22 bits per heavy atom. The van der Waals surface area contributed by atoms with E-state index in [0.717, 1.165) is 46.7 Å². The van der Waals surface area contributed by atoms with Gasteiger partial charge in [-0.05, 0) is 84.3 Å². The number of hydrogen-bond acceptors (Lipinski definition) is 4. The fourth-order valence-electron chi connectivity index (χ4n) is 3.71. The topological polar surface area (TPSA) is 56.1 Å². The number of ether oxygens (including phenoxy) is 1. The molecule has 1 N–H and O–H groups in total. The molecule has 5 nitrogen and oxygen atoms in total. The van der Waals surface area contributed by atoms with Gasteiger partial charge in [-0.25, -0.2) is 0 Å². The Balaban J connectivity index is 1.43. The first-order valence-corrected chi connectivity index (χ1v) is 11.9. The minimum Gasteiger partial charge on any atom is -0.497 e. The molecule has 32 heavy (non-hydrogen) atoms. The molecule has 8 heteroatoms. The maximum Gasteiger partial charge on any atom is 0.233 e. The number of amides is 1. The smallest absolute Gasteiger partial charge is 0.233 e. The van der Waals surface area contributed by atoms with Crippen molar-refractivity contribution >= 4 is 46.6 Å². The van der Waals surface area contributed by atoms with E-state index in [9.17, 15) is 4.79 Å². The zero-order chi connectivity index (χ0) is 22.5. The zero-order valence-electron chi connectivity index (χ0n) is 17.6. The second-order valence-corrected chi connectivity index (χ2v) is 9.22. The van der Waals surface area contributed by atoms with Crippen molar-refractivity contribution in [2.24, 2.45) is 0 Å². The highest BCUT2D eigenvalue weighted by Crippen LogP contribution is 2.32. The van der Waals surface area contributed by atoms with E-state index < -0.39 is 0 Å². The molecule has 0 atom stereocenters. The Hall–Kier alpha value is -2.41. The van der Waals surface area contributed by atoms with Gasteiger partial charge in [-0.15, -0.1) is 0 Å². The van der Waals surface area contributed by atoms with Gasteiger partial charge in [-0.3, -0.25) is 14.2 Å². The predicted molar refractivity (Wildman–Crippen MR) is 130 cm³/mol. The van der Waals surface area contributed by atoms with E-state index in [4.69, 9.17) is 27.9 Å². The number of nitrogens with one attached hydrogen (secondary N) is 1. The summed E-state index contributed by atoms with van der Waals surface area (Å²) >= 11 is 13.7. The average Bonchev–Trinajstić information content (AvgIpc) is 3.22. The Morgan fingerprint density at radius 3 is 2.78 bits per heavy atom. The third kappa shape index (κ3) is 5.49. The van der Waals surface area contributed by atoms with Crippen LogP contribution in [0.4, 0.5) is 0 Å². The van der Waals surface area contributed by atoms with E-state index in [2.05, 4.69) is 9.82 Å². The molecule has 0 radical (unpaired) electrons. The maximum atomic E-state index is 12.4. The number of carbonyl (C=O) groups excluding carboxylic acids is 1. The molecule has 166 valence electrons. The van der Waals surface area contributed by atoms with Crippen molar-refractivity contribution in [2.45, 2.75) is 37.1 Å². The number of fused-ring (bicyclic) bond motifs is 1. The molecule has 0 saturated carbocycles. The molecular formula is C24H23Cl2N3O2S. The lowest BCUT2D eigenvalue weighted by Crippen LogP contribution is -2.15. The number of halogens is 2. The fourth-order valence-corrected chi connectivity index (χ4v) is 4.77. The lowest BCUT2D eigenvalue weighted by Gasteiger charge is -2.18. The van der Waals surface area contributed by atoms with E-state index in [1.165, 1.54) is 17.5 Å². The highest BCUT2D eigenvalue weighted by molar-refractivity contribution is 7.98. The standard InChI is InChI=1S/C24H23Cl2N3O2S/c1-31-20-8-10-21(11-9-20)32-28-23(30)12-6-16-3-2-4-17-14-27-29(24(16)17)15-18-5-7-19(25)13-22(18)26/h5-11,13-14H,2-4,12,15H2,1H3,(H,28,30)/b16-6+. The van der Waals surface area contributed by atoms with Gasteiger partial charge in [0.1, 0.15) is 5.75 Å². The number of hydrogen-bond donors (Lipinski definition) is 1. The molecular weight excluding hydrogens is 465 g/mol. The quantitative estimate of drug-likeness (QED) is 0.404. The van der Waals surface area contributed by atoms with Crippen molar-refractivity contribution in [1.82, 2.24) is 14.5 Å². The molecule has 3 aromatic rings. The molecule has 4 rings (SSSR count). The summed E-state index contributed by atoms with van der Waals surface area (Å²) < 4.78 is 10.0. The number of methoxy groups -OCH3 is 1. The Labute approximate surface area is 201 Å². The molecule has 0 spiro atoms. The van der Waals surface area contributed by atoms with Gasteiger partial charge in [-0.1, -0.05) is 35.3 Å². The first kappa shape index (κ1) is 22.8. The summed E-state index contributed by atoms with van der Waals surface area (Å²) in [5.41, 5.74) is 4.41. The number of aryl methyl sites for hydroxylation is 1. The van der Waals surface area contributed by atoms with Crippen LogP contribution in [0.2, 0.25) is 10.0 Å². The number of nitrogens with zero attached hydrogens (tertiary/aromatic N) is 2. The first-order valence-electron chi connectivity index (χ1n) is 10.3. The third-order valence-corrected chi connectivity index (χ3v) is 6.75. The lowest BCUT2D eigenvalue weighted by molar-refractivity contribution is -0.118. The van der Waals surface area contributed by atoms with Gasteiger partial charge in [0.25, 0.3) is 0 Å². The number of benzene rings is 2. The molecule has 0 bridgehead atoms. The summed E-state index contributed by atoms with van der Waals surface area (Å²) in [7, 11) is 1.63. The van der Waals surface area contributed by atoms with E-state index in [0.29, 0.717) is 23.0 Å². The van der Waals surface area contributed by atoms with Crippen molar-refractivity contribution in [2.75, 3.05) is 7.11 Å². The van der Waals surface area contributed by atoms with Crippen LogP contribution in [0.5, 0.6) is 5.75 Å². The highest BCUT2D eigenvalue weighted by Gasteiger charge is 2.20. The third-order valence-electron chi connectivity index (χ3n) is 5.32. The summed E-state index contributed by atoms with van der Waals surface area (Å²) in [6.45, 7) is 0.558. The molecule has 0 fully saturated rings.